The molecule has 0 radical (unpaired) electrons. The van der Waals surface area contributed by atoms with Crippen molar-refractivity contribution in [2.24, 2.45) is 0 Å². The largest absolute Gasteiger partial charge is 0.356 e. The molecule has 0 aromatic heterocycles. The van der Waals surface area contributed by atoms with Gasteiger partial charge in [-0.3, -0.25) is 0 Å². The highest BCUT2D eigenvalue weighted by Crippen LogP contribution is 2.25. The minimum absolute atomic E-state index is 0.609. The Morgan fingerprint density at radius 3 is 1.47 bits per heavy atom. The summed E-state index contributed by atoms with van der Waals surface area (Å²) in [7, 11) is 0. The molecule has 0 spiro atoms. The third kappa shape index (κ3) is 12.9. The third-order valence-electron chi connectivity index (χ3n) is 6.84. The molecule has 178 valence electrons. The average molecular weight is 421 g/mol. The van der Waals surface area contributed by atoms with Gasteiger partial charge in [-0.2, -0.15) is 0 Å². The number of hydrogen-bond donors (Lipinski definition) is 0. The van der Waals surface area contributed by atoms with Gasteiger partial charge in [0.1, 0.15) is 6.17 Å². The highest BCUT2D eigenvalue weighted by atomic mass is 15.4. The Morgan fingerprint density at radius 2 is 1.00 bits per heavy atom. The minimum Gasteiger partial charge on any atom is -0.356 e. The van der Waals surface area contributed by atoms with E-state index in [4.69, 9.17) is 0 Å². The topological polar surface area (TPSA) is 6.48 Å². The third-order valence-corrected chi connectivity index (χ3v) is 6.84. The lowest BCUT2D eigenvalue weighted by molar-refractivity contribution is 0.114. The molecule has 0 bridgehead atoms. The first-order valence-corrected chi connectivity index (χ1v) is 13.9. The monoisotopic (exact) mass is 420 g/mol. The molecular weight excluding hydrogens is 364 g/mol. The van der Waals surface area contributed by atoms with Crippen LogP contribution in [0.5, 0.6) is 0 Å². The van der Waals surface area contributed by atoms with Crippen LogP contribution in [0, 0.1) is 0 Å². The van der Waals surface area contributed by atoms with Crippen LogP contribution in [0.1, 0.15) is 150 Å². The van der Waals surface area contributed by atoms with E-state index in [1.807, 2.05) is 0 Å². The molecule has 0 amide bonds. The fraction of sp³-hybridized carbons (Fsp3) is 0.929. The molecule has 2 heteroatoms. The van der Waals surface area contributed by atoms with Crippen LogP contribution in [0.15, 0.2) is 12.4 Å². The summed E-state index contributed by atoms with van der Waals surface area (Å²) in [5, 5.41) is 0. The predicted octanol–water partition coefficient (Wildman–Crippen LogP) is 9.26. The molecule has 1 atom stereocenters. The Balaban J connectivity index is 2.12. The van der Waals surface area contributed by atoms with E-state index in [1.165, 1.54) is 129 Å². The molecule has 1 unspecified atom stereocenters. The van der Waals surface area contributed by atoms with Crippen molar-refractivity contribution in [3.63, 3.8) is 0 Å². The zero-order valence-corrected chi connectivity index (χ0v) is 21.3. The van der Waals surface area contributed by atoms with Crippen LogP contribution >= 0.6 is 0 Å². The van der Waals surface area contributed by atoms with Crippen molar-refractivity contribution in [2.45, 2.75) is 162 Å². The molecule has 1 heterocycles. The number of hydrogen-bond acceptors (Lipinski definition) is 2. The first-order valence-electron chi connectivity index (χ1n) is 13.9. The Hall–Kier alpha value is -0.660. The Morgan fingerprint density at radius 1 is 0.567 bits per heavy atom. The standard InChI is InChI=1S/C28H56N2/c1-5-7-9-11-13-14-15-16-17-19-21-23-28-29(25-26-30(28)27(3)4)24-22-20-18-12-10-8-6-2/h25-28H,5-24H2,1-4H3. The maximum absolute atomic E-state index is 2.64. The zero-order chi connectivity index (χ0) is 21.9. The maximum Gasteiger partial charge on any atom is 0.101 e. The van der Waals surface area contributed by atoms with Crippen LogP contribution in [0.25, 0.3) is 0 Å². The van der Waals surface area contributed by atoms with E-state index in [1.54, 1.807) is 0 Å². The van der Waals surface area contributed by atoms with Crippen molar-refractivity contribution in [3.8, 4) is 0 Å². The van der Waals surface area contributed by atoms with Crippen LogP contribution in [-0.4, -0.2) is 28.6 Å². The molecule has 1 rings (SSSR count). The highest BCUT2D eigenvalue weighted by Gasteiger charge is 2.26. The van der Waals surface area contributed by atoms with Crippen LogP contribution in [-0.2, 0) is 0 Å². The van der Waals surface area contributed by atoms with Gasteiger partial charge in [0.25, 0.3) is 0 Å². The second-order valence-corrected chi connectivity index (χ2v) is 10.0. The summed E-state index contributed by atoms with van der Waals surface area (Å²) in [6.45, 7) is 10.5. The summed E-state index contributed by atoms with van der Waals surface area (Å²) < 4.78 is 0. The van der Waals surface area contributed by atoms with Crippen molar-refractivity contribution in [3.05, 3.63) is 12.4 Å². The first-order chi connectivity index (χ1) is 14.7. The smallest absolute Gasteiger partial charge is 0.101 e. The van der Waals surface area contributed by atoms with Crippen molar-refractivity contribution in [2.75, 3.05) is 6.54 Å². The molecule has 1 aliphatic rings. The lowest BCUT2D eigenvalue weighted by atomic mass is 10.0. The summed E-state index contributed by atoms with van der Waals surface area (Å²) in [6.07, 6.45) is 32.3. The van der Waals surface area contributed by atoms with E-state index >= 15 is 0 Å². The van der Waals surface area contributed by atoms with Gasteiger partial charge in [0, 0.05) is 25.0 Å². The first kappa shape index (κ1) is 27.4. The second-order valence-electron chi connectivity index (χ2n) is 10.0. The summed E-state index contributed by atoms with van der Waals surface area (Å²) in [5.41, 5.74) is 0. The molecule has 0 aromatic rings. The van der Waals surface area contributed by atoms with E-state index in [-0.39, 0.29) is 0 Å². The van der Waals surface area contributed by atoms with Crippen LogP contribution < -0.4 is 0 Å². The summed E-state index contributed by atoms with van der Waals surface area (Å²) in [4.78, 5) is 5.24. The summed E-state index contributed by atoms with van der Waals surface area (Å²) in [5.74, 6) is 0. The SMILES string of the molecule is CCCCCCCCCCCCCC1N(CCCCCCCCC)C=CN1C(C)C. The lowest BCUT2D eigenvalue weighted by Crippen LogP contribution is -2.42. The zero-order valence-electron chi connectivity index (χ0n) is 21.3. The molecule has 0 saturated heterocycles. The van der Waals surface area contributed by atoms with Gasteiger partial charge in [-0.15, -0.1) is 0 Å². The van der Waals surface area contributed by atoms with Gasteiger partial charge in [-0.25, -0.2) is 0 Å². The van der Waals surface area contributed by atoms with E-state index < -0.39 is 0 Å². The lowest BCUT2D eigenvalue weighted by Gasteiger charge is -2.35. The average Bonchev–Trinajstić information content (AvgIpc) is 3.14. The van der Waals surface area contributed by atoms with E-state index in [2.05, 4.69) is 49.9 Å². The van der Waals surface area contributed by atoms with Crippen LogP contribution in [0.3, 0.4) is 0 Å². The predicted molar refractivity (Wildman–Crippen MR) is 136 cm³/mol. The van der Waals surface area contributed by atoms with Crippen molar-refractivity contribution >= 4 is 0 Å². The molecule has 2 nitrogen and oxygen atoms in total. The van der Waals surface area contributed by atoms with Gasteiger partial charge in [-0.1, -0.05) is 117 Å². The molecule has 0 N–H and O–H groups in total. The van der Waals surface area contributed by atoms with E-state index in [0.29, 0.717) is 12.2 Å². The van der Waals surface area contributed by atoms with Crippen molar-refractivity contribution < 1.29 is 0 Å². The quantitative estimate of drug-likeness (QED) is 0.171. The Bertz CT molecular complexity index is 390. The van der Waals surface area contributed by atoms with Gasteiger partial charge in [0.15, 0.2) is 0 Å². The second kappa shape index (κ2) is 19.1. The van der Waals surface area contributed by atoms with Gasteiger partial charge in [-0.05, 0) is 33.1 Å². The Kier molecular flexibility index (Phi) is 17.4. The molecular formula is C28H56N2. The van der Waals surface area contributed by atoms with Crippen LogP contribution in [0.2, 0.25) is 0 Å². The van der Waals surface area contributed by atoms with Crippen molar-refractivity contribution in [1.82, 2.24) is 9.80 Å². The van der Waals surface area contributed by atoms with Crippen molar-refractivity contribution in [1.29, 1.82) is 0 Å². The van der Waals surface area contributed by atoms with Gasteiger partial charge in [0.2, 0.25) is 0 Å². The number of unbranched alkanes of at least 4 members (excludes halogenated alkanes) is 16. The van der Waals surface area contributed by atoms with Gasteiger partial charge < -0.3 is 9.80 Å². The Labute approximate surface area is 190 Å². The van der Waals surface area contributed by atoms with Crippen LogP contribution in [0.4, 0.5) is 0 Å². The number of rotatable bonds is 21. The molecule has 0 aromatic carbocycles. The summed E-state index contributed by atoms with van der Waals surface area (Å²) in [6, 6.07) is 0.609. The molecule has 0 saturated carbocycles. The summed E-state index contributed by atoms with van der Waals surface area (Å²) >= 11 is 0. The van der Waals surface area contributed by atoms with Gasteiger partial charge >= 0.3 is 0 Å². The maximum atomic E-state index is 2.64. The molecule has 1 aliphatic heterocycles. The fourth-order valence-corrected chi connectivity index (χ4v) is 4.83. The highest BCUT2D eigenvalue weighted by molar-refractivity contribution is 4.98. The van der Waals surface area contributed by atoms with Gasteiger partial charge in [0.05, 0.1) is 0 Å². The number of nitrogens with zero attached hydrogens (tertiary/aromatic N) is 2. The van der Waals surface area contributed by atoms with E-state index in [9.17, 15) is 0 Å². The molecule has 0 fully saturated rings. The molecule has 30 heavy (non-hydrogen) atoms. The minimum atomic E-state index is 0.609. The van der Waals surface area contributed by atoms with E-state index in [0.717, 1.165) is 0 Å². The molecule has 0 aliphatic carbocycles. The fourth-order valence-electron chi connectivity index (χ4n) is 4.83. The normalized spacial score (nSPS) is 16.4.